The predicted octanol–water partition coefficient (Wildman–Crippen LogP) is 2.32. The van der Waals surface area contributed by atoms with Crippen molar-refractivity contribution in [1.82, 2.24) is 14.9 Å². The number of hydrogen-bond acceptors (Lipinski definition) is 6. The average Bonchev–Trinajstić information content (AvgIpc) is 2.79. The second-order valence-electron chi connectivity index (χ2n) is 8.04. The Morgan fingerprint density at radius 3 is 2.38 bits per heavy atom. The third kappa shape index (κ3) is 6.26. The van der Waals surface area contributed by atoms with E-state index in [9.17, 15) is 27.2 Å². The number of ether oxygens (including phenoxy) is 1. The molecule has 0 spiro atoms. The number of urea groups is 1. The Labute approximate surface area is 186 Å². The molecule has 1 heterocycles. The van der Waals surface area contributed by atoms with E-state index < -0.39 is 45.3 Å². The lowest BCUT2D eigenvalue weighted by Gasteiger charge is -2.26. The highest BCUT2D eigenvalue weighted by Crippen LogP contribution is 2.24. The molecule has 3 rings (SSSR count). The van der Waals surface area contributed by atoms with E-state index in [0.29, 0.717) is 25.9 Å². The summed E-state index contributed by atoms with van der Waals surface area (Å²) in [5.41, 5.74) is -0.207. The smallest absolute Gasteiger partial charge is 0.338 e. The minimum absolute atomic E-state index is 0.0126. The number of nitrogens with zero attached hydrogens (tertiary/aromatic N) is 1. The molecule has 0 bridgehead atoms. The minimum atomic E-state index is -4.09. The summed E-state index contributed by atoms with van der Waals surface area (Å²) < 4.78 is 45.9. The number of benzene rings is 1. The van der Waals surface area contributed by atoms with Gasteiger partial charge in [0, 0.05) is 19.1 Å². The standard InChI is InChI=1S/C21H28FN3O6S/c22-17-10-9-15(13-18(17)32(29,30)25-11-5-2-6-12-25)20(27)31-14-19(26)24-21(28)23-16-7-3-1-4-8-16/h9-10,13,16H,1-8,11-12,14H2,(H2,23,24,26,28). The lowest BCUT2D eigenvalue weighted by molar-refractivity contribution is -0.123. The quantitative estimate of drug-likeness (QED) is 0.617. The van der Waals surface area contributed by atoms with E-state index in [1.54, 1.807) is 0 Å². The van der Waals surface area contributed by atoms with Crippen molar-refractivity contribution in [3.05, 3.63) is 29.6 Å². The number of nitrogens with one attached hydrogen (secondary N) is 2. The summed E-state index contributed by atoms with van der Waals surface area (Å²) in [6, 6.07) is 2.23. The SMILES string of the molecule is O=C(COC(=O)c1ccc(F)c(S(=O)(=O)N2CCCCC2)c1)NC(=O)NC1CCCCC1. The summed E-state index contributed by atoms with van der Waals surface area (Å²) in [7, 11) is -4.09. The number of carbonyl (C=O) groups is 3. The number of piperidine rings is 1. The van der Waals surface area contributed by atoms with Crippen LogP contribution in [0.15, 0.2) is 23.1 Å². The largest absolute Gasteiger partial charge is 0.452 e. The maximum Gasteiger partial charge on any atom is 0.338 e. The molecular formula is C21H28FN3O6S. The van der Waals surface area contributed by atoms with Gasteiger partial charge < -0.3 is 10.1 Å². The molecule has 1 aromatic carbocycles. The molecule has 0 atom stereocenters. The summed E-state index contributed by atoms with van der Waals surface area (Å²) in [5.74, 6) is -2.79. The minimum Gasteiger partial charge on any atom is -0.452 e. The van der Waals surface area contributed by atoms with Crippen LogP contribution < -0.4 is 10.6 Å². The first-order valence-electron chi connectivity index (χ1n) is 10.8. The van der Waals surface area contributed by atoms with E-state index in [-0.39, 0.29) is 11.6 Å². The molecule has 11 heteroatoms. The Hall–Kier alpha value is -2.53. The third-order valence-corrected chi connectivity index (χ3v) is 7.54. The number of carbonyl (C=O) groups excluding carboxylic acids is 3. The van der Waals surface area contributed by atoms with Gasteiger partial charge in [-0.2, -0.15) is 4.31 Å². The second-order valence-corrected chi connectivity index (χ2v) is 9.95. The second kappa shape index (κ2) is 10.9. The normalized spacial score (nSPS) is 18.0. The molecule has 32 heavy (non-hydrogen) atoms. The first-order chi connectivity index (χ1) is 15.3. The van der Waals surface area contributed by atoms with Gasteiger partial charge in [0.1, 0.15) is 10.7 Å². The molecule has 176 valence electrons. The number of imide groups is 1. The maximum atomic E-state index is 14.3. The predicted molar refractivity (Wildman–Crippen MR) is 113 cm³/mol. The van der Waals surface area contributed by atoms with Gasteiger partial charge in [-0.05, 0) is 43.9 Å². The van der Waals surface area contributed by atoms with Crippen LogP contribution in [0.1, 0.15) is 61.7 Å². The van der Waals surface area contributed by atoms with E-state index in [1.807, 2.05) is 0 Å². The molecule has 1 saturated heterocycles. The van der Waals surface area contributed by atoms with Crippen LogP contribution in [0.2, 0.25) is 0 Å². The molecule has 0 radical (unpaired) electrons. The van der Waals surface area contributed by atoms with E-state index in [1.165, 1.54) is 4.31 Å². The average molecular weight is 470 g/mol. The van der Waals surface area contributed by atoms with Gasteiger partial charge in [0.2, 0.25) is 10.0 Å². The highest BCUT2D eigenvalue weighted by atomic mass is 32.2. The lowest BCUT2D eigenvalue weighted by Crippen LogP contribution is -2.46. The monoisotopic (exact) mass is 469 g/mol. The Kier molecular flexibility index (Phi) is 8.19. The summed E-state index contributed by atoms with van der Waals surface area (Å²) >= 11 is 0. The van der Waals surface area contributed by atoms with Gasteiger partial charge in [-0.15, -0.1) is 0 Å². The van der Waals surface area contributed by atoms with Crippen molar-refractivity contribution in [3.8, 4) is 0 Å². The van der Waals surface area contributed by atoms with Gasteiger partial charge in [0.05, 0.1) is 5.56 Å². The van der Waals surface area contributed by atoms with Crippen molar-refractivity contribution in [2.45, 2.75) is 62.3 Å². The molecule has 9 nitrogen and oxygen atoms in total. The fourth-order valence-electron chi connectivity index (χ4n) is 3.92. The van der Waals surface area contributed by atoms with Crippen molar-refractivity contribution in [1.29, 1.82) is 0 Å². The molecule has 0 aromatic heterocycles. The van der Waals surface area contributed by atoms with E-state index >= 15 is 0 Å². The van der Waals surface area contributed by atoms with Gasteiger partial charge in [0.15, 0.2) is 6.61 Å². The first-order valence-corrected chi connectivity index (χ1v) is 12.3. The van der Waals surface area contributed by atoms with Gasteiger partial charge in [-0.1, -0.05) is 25.7 Å². The van der Waals surface area contributed by atoms with Gasteiger partial charge in [-0.25, -0.2) is 22.4 Å². The maximum absolute atomic E-state index is 14.3. The molecule has 1 aromatic rings. The molecule has 1 aliphatic heterocycles. The van der Waals surface area contributed by atoms with Crippen LogP contribution >= 0.6 is 0 Å². The highest BCUT2D eigenvalue weighted by molar-refractivity contribution is 7.89. The zero-order valence-corrected chi connectivity index (χ0v) is 18.6. The molecule has 2 N–H and O–H groups in total. The third-order valence-electron chi connectivity index (χ3n) is 5.63. The molecule has 1 saturated carbocycles. The molecule has 2 fully saturated rings. The summed E-state index contributed by atoms with van der Waals surface area (Å²) in [6.07, 6.45) is 7.14. The summed E-state index contributed by atoms with van der Waals surface area (Å²) in [5, 5.41) is 4.80. The van der Waals surface area contributed by atoms with Crippen LogP contribution in [0, 0.1) is 5.82 Å². The number of esters is 1. The highest BCUT2D eigenvalue weighted by Gasteiger charge is 2.29. The van der Waals surface area contributed by atoms with E-state index in [2.05, 4.69) is 10.6 Å². The zero-order valence-electron chi connectivity index (χ0n) is 17.8. The number of rotatable bonds is 6. The number of hydrogen-bond donors (Lipinski definition) is 2. The van der Waals surface area contributed by atoms with Crippen molar-refractivity contribution < 1.29 is 31.9 Å². The molecule has 2 aliphatic rings. The summed E-state index contributed by atoms with van der Waals surface area (Å²) in [6.45, 7) is -0.151. The molecule has 1 aliphatic carbocycles. The molecule has 0 unspecified atom stereocenters. The van der Waals surface area contributed by atoms with Crippen LogP contribution in [-0.4, -0.2) is 56.4 Å². The Morgan fingerprint density at radius 2 is 1.69 bits per heavy atom. The molecular weight excluding hydrogens is 441 g/mol. The van der Waals surface area contributed by atoms with Gasteiger partial charge >= 0.3 is 12.0 Å². The number of halogens is 1. The van der Waals surface area contributed by atoms with Crippen LogP contribution in [0.3, 0.4) is 0 Å². The van der Waals surface area contributed by atoms with Gasteiger partial charge in [-0.3, -0.25) is 10.1 Å². The number of sulfonamides is 1. The Balaban J connectivity index is 1.56. The van der Waals surface area contributed by atoms with Crippen LogP contribution in [0.5, 0.6) is 0 Å². The Morgan fingerprint density at radius 1 is 1.03 bits per heavy atom. The Bertz CT molecular complexity index is 956. The van der Waals surface area contributed by atoms with Crippen molar-refractivity contribution >= 4 is 27.9 Å². The van der Waals surface area contributed by atoms with Crippen molar-refractivity contribution in [2.24, 2.45) is 0 Å². The first kappa shape index (κ1) is 24.1. The fourth-order valence-corrected chi connectivity index (χ4v) is 5.53. The van der Waals surface area contributed by atoms with E-state index in [0.717, 1.165) is 56.7 Å². The fraction of sp³-hybridized carbons (Fsp3) is 0.571. The topological polar surface area (TPSA) is 122 Å². The molecule has 3 amide bonds. The lowest BCUT2D eigenvalue weighted by atomic mass is 9.96. The van der Waals surface area contributed by atoms with Gasteiger partial charge in [0.25, 0.3) is 5.91 Å². The van der Waals surface area contributed by atoms with Crippen molar-refractivity contribution in [3.63, 3.8) is 0 Å². The summed E-state index contributed by atoms with van der Waals surface area (Å²) in [4.78, 5) is 35.5. The zero-order chi connectivity index (χ0) is 23.1. The van der Waals surface area contributed by atoms with Crippen molar-refractivity contribution in [2.75, 3.05) is 19.7 Å². The van der Waals surface area contributed by atoms with Crippen LogP contribution in [-0.2, 0) is 19.6 Å². The van der Waals surface area contributed by atoms with Crippen LogP contribution in [0.4, 0.5) is 9.18 Å². The van der Waals surface area contributed by atoms with Crippen LogP contribution in [0.25, 0.3) is 0 Å². The van der Waals surface area contributed by atoms with E-state index in [4.69, 9.17) is 4.74 Å². The number of amides is 3.